The smallest absolute Gasteiger partial charge is 0.206 e. The van der Waals surface area contributed by atoms with E-state index in [0.29, 0.717) is 0 Å². The van der Waals surface area contributed by atoms with Crippen LogP contribution in [0, 0.1) is 0 Å². The van der Waals surface area contributed by atoms with Crippen LogP contribution in [0.4, 0.5) is 0 Å². The standard InChI is InChI=1S/C20H21N3S/c1-3-21-20-23(19(15-24-20)18-12-8-5-9-13-18)22-14-16(2)17-10-6-4-7-11-17/h4-16H,3H2,1-2H3. The molecule has 122 valence electrons. The summed E-state index contributed by atoms with van der Waals surface area (Å²) >= 11 is 1.63. The van der Waals surface area contributed by atoms with Crippen molar-refractivity contribution in [3.63, 3.8) is 0 Å². The van der Waals surface area contributed by atoms with Crippen LogP contribution in [-0.2, 0) is 0 Å². The van der Waals surface area contributed by atoms with Gasteiger partial charge in [0.25, 0.3) is 0 Å². The quantitative estimate of drug-likeness (QED) is 0.601. The Kier molecular flexibility index (Phi) is 5.39. The van der Waals surface area contributed by atoms with Crippen molar-refractivity contribution in [1.29, 1.82) is 0 Å². The van der Waals surface area contributed by atoms with E-state index in [2.05, 4.69) is 53.7 Å². The van der Waals surface area contributed by atoms with Crippen LogP contribution in [0.5, 0.6) is 0 Å². The largest absolute Gasteiger partial charge is 0.258 e. The van der Waals surface area contributed by atoms with Gasteiger partial charge in [0, 0.05) is 29.6 Å². The van der Waals surface area contributed by atoms with E-state index in [1.54, 1.807) is 11.3 Å². The van der Waals surface area contributed by atoms with E-state index in [1.165, 1.54) is 5.56 Å². The molecule has 0 radical (unpaired) electrons. The lowest BCUT2D eigenvalue weighted by Crippen LogP contribution is -2.13. The van der Waals surface area contributed by atoms with Crippen molar-refractivity contribution in [2.24, 2.45) is 10.1 Å². The molecule has 1 heterocycles. The molecule has 3 nitrogen and oxygen atoms in total. The second-order valence-corrected chi connectivity index (χ2v) is 6.36. The molecule has 0 saturated heterocycles. The van der Waals surface area contributed by atoms with Crippen molar-refractivity contribution in [2.45, 2.75) is 19.8 Å². The van der Waals surface area contributed by atoms with Gasteiger partial charge >= 0.3 is 0 Å². The van der Waals surface area contributed by atoms with Gasteiger partial charge in [-0.2, -0.15) is 5.10 Å². The predicted octanol–water partition coefficient (Wildman–Crippen LogP) is 4.77. The van der Waals surface area contributed by atoms with Gasteiger partial charge in [-0.3, -0.25) is 4.99 Å². The average Bonchev–Trinajstić information content (AvgIpc) is 3.04. The number of rotatable bonds is 5. The minimum Gasteiger partial charge on any atom is -0.258 e. The summed E-state index contributed by atoms with van der Waals surface area (Å²) in [7, 11) is 0. The molecule has 0 aliphatic carbocycles. The number of nitrogens with zero attached hydrogens (tertiary/aromatic N) is 3. The Morgan fingerprint density at radius 1 is 1.04 bits per heavy atom. The molecule has 0 spiro atoms. The number of thiazole rings is 1. The first-order valence-electron chi connectivity index (χ1n) is 8.15. The third-order valence-electron chi connectivity index (χ3n) is 3.78. The van der Waals surface area contributed by atoms with Crippen LogP contribution in [-0.4, -0.2) is 17.4 Å². The van der Waals surface area contributed by atoms with Crippen LogP contribution in [0.1, 0.15) is 25.3 Å². The molecule has 3 rings (SSSR count). The van der Waals surface area contributed by atoms with Gasteiger partial charge in [-0.1, -0.05) is 67.6 Å². The van der Waals surface area contributed by atoms with Gasteiger partial charge in [0.2, 0.25) is 4.80 Å². The molecule has 1 aromatic heterocycles. The van der Waals surface area contributed by atoms with Gasteiger partial charge in [-0.25, -0.2) is 4.68 Å². The monoisotopic (exact) mass is 335 g/mol. The summed E-state index contributed by atoms with van der Waals surface area (Å²) in [5.41, 5.74) is 3.48. The summed E-state index contributed by atoms with van der Waals surface area (Å²) in [6, 6.07) is 20.7. The van der Waals surface area contributed by atoms with Crippen LogP contribution in [0.15, 0.2) is 76.1 Å². The molecule has 0 saturated carbocycles. The zero-order valence-electron chi connectivity index (χ0n) is 14.0. The fourth-order valence-corrected chi connectivity index (χ4v) is 3.37. The van der Waals surface area contributed by atoms with Gasteiger partial charge < -0.3 is 0 Å². The third kappa shape index (κ3) is 3.71. The first-order valence-corrected chi connectivity index (χ1v) is 9.03. The highest BCUT2D eigenvalue weighted by molar-refractivity contribution is 7.07. The Balaban J connectivity index is 1.98. The second-order valence-electron chi connectivity index (χ2n) is 5.52. The fraction of sp³-hybridized carbons (Fsp3) is 0.200. The summed E-state index contributed by atoms with van der Waals surface area (Å²) < 4.78 is 1.95. The van der Waals surface area contributed by atoms with E-state index in [1.807, 2.05) is 42.1 Å². The fourth-order valence-electron chi connectivity index (χ4n) is 2.47. The van der Waals surface area contributed by atoms with E-state index in [4.69, 9.17) is 5.10 Å². The molecule has 0 bridgehead atoms. The number of hydrogen-bond donors (Lipinski definition) is 0. The van der Waals surface area contributed by atoms with Crippen molar-refractivity contribution in [3.05, 3.63) is 76.4 Å². The number of benzene rings is 2. The highest BCUT2D eigenvalue weighted by atomic mass is 32.1. The van der Waals surface area contributed by atoms with E-state index in [-0.39, 0.29) is 5.92 Å². The highest BCUT2D eigenvalue weighted by Crippen LogP contribution is 2.20. The lowest BCUT2D eigenvalue weighted by molar-refractivity contribution is 0.822. The molecule has 1 unspecified atom stereocenters. The van der Waals surface area contributed by atoms with Gasteiger partial charge in [0.1, 0.15) is 0 Å². The molecular weight excluding hydrogens is 314 g/mol. The minimum atomic E-state index is 0.247. The van der Waals surface area contributed by atoms with Gasteiger partial charge in [-0.15, -0.1) is 11.3 Å². The van der Waals surface area contributed by atoms with Crippen molar-refractivity contribution >= 4 is 17.6 Å². The molecule has 0 amide bonds. The van der Waals surface area contributed by atoms with Crippen LogP contribution in [0.3, 0.4) is 0 Å². The summed E-state index contributed by atoms with van der Waals surface area (Å²) in [5, 5.41) is 6.87. The van der Waals surface area contributed by atoms with E-state index >= 15 is 0 Å². The van der Waals surface area contributed by atoms with Crippen molar-refractivity contribution in [3.8, 4) is 11.3 Å². The van der Waals surface area contributed by atoms with Crippen LogP contribution in [0.2, 0.25) is 0 Å². The Bertz CT molecular complexity index is 861. The maximum absolute atomic E-state index is 4.75. The first-order chi connectivity index (χ1) is 11.8. The van der Waals surface area contributed by atoms with Gasteiger partial charge in [0.15, 0.2) is 0 Å². The maximum Gasteiger partial charge on any atom is 0.206 e. The molecule has 24 heavy (non-hydrogen) atoms. The molecule has 0 fully saturated rings. The summed E-state index contributed by atoms with van der Waals surface area (Å²) in [6.45, 7) is 4.95. The third-order valence-corrected chi connectivity index (χ3v) is 4.63. The zero-order chi connectivity index (χ0) is 16.8. The molecule has 0 aliphatic heterocycles. The molecule has 4 heteroatoms. The molecular formula is C20H21N3S. The Labute approximate surface area is 146 Å². The Morgan fingerprint density at radius 2 is 1.71 bits per heavy atom. The number of hydrogen-bond acceptors (Lipinski definition) is 3. The zero-order valence-corrected chi connectivity index (χ0v) is 14.8. The lowest BCUT2D eigenvalue weighted by Gasteiger charge is -2.07. The highest BCUT2D eigenvalue weighted by Gasteiger charge is 2.07. The second kappa shape index (κ2) is 7.88. The van der Waals surface area contributed by atoms with Gasteiger partial charge in [0.05, 0.1) is 5.69 Å². The van der Waals surface area contributed by atoms with Crippen molar-refractivity contribution in [1.82, 2.24) is 4.68 Å². The minimum absolute atomic E-state index is 0.247. The van der Waals surface area contributed by atoms with Crippen molar-refractivity contribution in [2.75, 3.05) is 6.54 Å². The topological polar surface area (TPSA) is 29.6 Å². The van der Waals surface area contributed by atoms with Crippen LogP contribution >= 0.6 is 11.3 Å². The Morgan fingerprint density at radius 3 is 2.38 bits per heavy atom. The molecule has 0 aliphatic rings. The Hall–Kier alpha value is -2.46. The average molecular weight is 335 g/mol. The SMILES string of the molecule is CCN=c1scc(-c2ccccc2)n1N=CC(C)c1ccccc1. The van der Waals surface area contributed by atoms with E-state index in [0.717, 1.165) is 22.6 Å². The summed E-state index contributed by atoms with van der Waals surface area (Å²) in [5.74, 6) is 0.247. The molecule has 3 aromatic rings. The normalized spacial score (nSPS) is 13.5. The molecule has 0 N–H and O–H groups in total. The van der Waals surface area contributed by atoms with Crippen LogP contribution < -0.4 is 4.80 Å². The van der Waals surface area contributed by atoms with Gasteiger partial charge in [-0.05, 0) is 12.5 Å². The number of aromatic nitrogens is 1. The maximum atomic E-state index is 4.75. The lowest BCUT2D eigenvalue weighted by atomic mass is 10.0. The predicted molar refractivity (Wildman–Crippen MR) is 103 cm³/mol. The summed E-state index contributed by atoms with van der Waals surface area (Å²) in [4.78, 5) is 5.50. The summed E-state index contributed by atoms with van der Waals surface area (Å²) in [6.07, 6.45) is 1.99. The van der Waals surface area contributed by atoms with E-state index in [9.17, 15) is 0 Å². The first kappa shape index (κ1) is 16.4. The van der Waals surface area contributed by atoms with Crippen molar-refractivity contribution < 1.29 is 0 Å². The van der Waals surface area contributed by atoms with Crippen LogP contribution in [0.25, 0.3) is 11.3 Å². The van der Waals surface area contributed by atoms with E-state index < -0.39 is 0 Å². The molecule has 1 atom stereocenters. The molecule has 2 aromatic carbocycles.